The van der Waals surface area contributed by atoms with Gasteiger partial charge in [0, 0.05) is 18.7 Å². The first kappa shape index (κ1) is 18.4. The molecule has 0 aliphatic carbocycles. The van der Waals surface area contributed by atoms with E-state index in [2.05, 4.69) is 10.6 Å². The highest BCUT2D eigenvalue weighted by molar-refractivity contribution is 6.00. The quantitative estimate of drug-likeness (QED) is 0.673. The van der Waals surface area contributed by atoms with Crippen LogP contribution in [0.2, 0.25) is 0 Å². The molecule has 0 saturated carbocycles. The molecule has 0 radical (unpaired) electrons. The molecule has 3 N–H and O–H groups in total. The zero-order valence-electron chi connectivity index (χ0n) is 13.6. The molecule has 2 amide bonds. The van der Waals surface area contributed by atoms with Gasteiger partial charge in [-0.25, -0.2) is 4.79 Å². The molecule has 0 aromatic heterocycles. The highest BCUT2D eigenvalue weighted by atomic mass is 16.4. The minimum absolute atomic E-state index is 0.269. The number of carboxylic acid groups (broad SMARTS) is 1. The summed E-state index contributed by atoms with van der Waals surface area (Å²) in [6, 6.07) is 6.81. The van der Waals surface area contributed by atoms with Gasteiger partial charge in [0.25, 0.3) is 0 Å². The van der Waals surface area contributed by atoms with Crippen LogP contribution in [-0.4, -0.2) is 28.4 Å². The Morgan fingerprint density at radius 2 is 2.00 bits per heavy atom. The maximum absolute atomic E-state index is 12.5. The maximum atomic E-state index is 12.5. The molecule has 6 heteroatoms. The van der Waals surface area contributed by atoms with Gasteiger partial charge in [-0.3, -0.25) is 9.59 Å². The lowest BCUT2D eigenvalue weighted by atomic mass is 9.94. The Kier molecular flexibility index (Phi) is 6.50. The molecule has 0 fully saturated rings. The van der Waals surface area contributed by atoms with Crippen LogP contribution in [0.5, 0.6) is 0 Å². The van der Waals surface area contributed by atoms with Gasteiger partial charge in [0.1, 0.15) is 5.54 Å². The van der Waals surface area contributed by atoms with E-state index in [-0.39, 0.29) is 11.8 Å². The number of hydrogen-bond acceptors (Lipinski definition) is 3. The van der Waals surface area contributed by atoms with Crippen molar-refractivity contribution in [1.82, 2.24) is 5.32 Å². The molecule has 23 heavy (non-hydrogen) atoms. The van der Waals surface area contributed by atoms with E-state index in [9.17, 15) is 14.4 Å². The number of rotatable bonds is 7. The minimum Gasteiger partial charge on any atom is -0.478 e. The molecule has 0 aliphatic rings. The summed E-state index contributed by atoms with van der Waals surface area (Å²) in [7, 11) is 0. The Morgan fingerprint density at radius 1 is 1.30 bits per heavy atom. The first-order chi connectivity index (χ1) is 10.8. The van der Waals surface area contributed by atoms with Crippen molar-refractivity contribution in [3.8, 4) is 0 Å². The second kappa shape index (κ2) is 8.12. The van der Waals surface area contributed by atoms with Crippen LogP contribution >= 0.6 is 0 Å². The first-order valence-electron chi connectivity index (χ1n) is 7.38. The Hall–Kier alpha value is -2.63. The molecule has 1 unspecified atom stereocenters. The zero-order valence-corrected chi connectivity index (χ0v) is 13.6. The summed E-state index contributed by atoms with van der Waals surface area (Å²) in [5.41, 5.74) is 0.199. The monoisotopic (exact) mass is 318 g/mol. The van der Waals surface area contributed by atoms with E-state index in [4.69, 9.17) is 5.11 Å². The lowest BCUT2D eigenvalue weighted by Gasteiger charge is -2.28. The van der Waals surface area contributed by atoms with Crippen LogP contribution < -0.4 is 10.6 Å². The lowest BCUT2D eigenvalue weighted by molar-refractivity contribution is -0.131. The predicted molar refractivity (Wildman–Crippen MR) is 88.9 cm³/mol. The van der Waals surface area contributed by atoms with Crippen LogP contribution in [0.25, 0.3) is 6.08 Å². The number of nitrogens with one attached hydrogen (secondary N) is 2. The molecule has 0 bridgehead atoms. The fourth-order valence-corrected chi connectivity index (χ4v) is 2.28. The maximum Gasteiger partial charge on any atom is 0.328 e. The normalized spacial score (nSPS) is 13.3. The summed E-state index contributed by atoms with van der Waals surface area (Å²) in [5.74, 6) is -1.62. The topological polar surface area (TPSA) is 95.5 Å². The molecule has 6 nitrogen and oxygen atoms in total. The van der Waals surface area contributed by atoms with E-state index in [1.54, 1.807) is 31.2 Å². The smallest absolute Gasteiger partial charge is 0.328 e. The van der Waals surface area contributed by atoms with Gasteiger partial charge < -0.3 is 15.7 Å². The Bertz CT molecular complexity index is 625. The van der Waals surface area contributed by atoms with Crippen LogP contribution in [0.4, 0.5) is 5.69 Å². The number of carbonyl (C=O) groups is 3. The molecule has 1 aromatic rings. The van der Waals surface area contributed by atoms with Gasteiger partial charge in [-0.05, 0) is 37.1 Å². The minimum atomic E-state index is -1.04. The van der Waals surface area contributed by atoms with Gasteiger partial charge in [-0.2, -0.15) is 0 Å². The number of carboxylic acids is 1. The van der Waals surface area contributed by atoms with E-state index < -0.39 is 11.5 Å². The van der Waals surface area contributed by atoms with Gasteiger partial charge in [0.05, 0.1) is 0 Å². The van der Waals surface area contributed by atoms with Crippen molar-refractivity contribution in [2.75, 3.05) is 5.32 Å². The van der Waals surface area contributed by atoms with Crippen molar-refractivity contribution in [3.05, 3.63) is 35.9 Å². The van der Waals surface area contributed by atoms with Crippen LogP contribution in [0.15, 0.2) is 30.3 Å². The van der Waals surface area contributed by atoms with Crippen LogP contribution in [0, 0.1) is 0 Å². The Labute approximate surface area is 135 Å². The number of carbonyl (C=O) groups excluding carboxylic acids is 2. The third-order valence-corrected chi connectivity index (χ3v) is 3.27. The molecule has 0 spiro atoms. The van der Waals surface area contributed by atoms with Crippen LogP contribution in [0.3, 0.4) is 0 Å². The number of benzene rings is 1. The summed E-state index contributed by atoms with van der Waals surface area (Å²) < 4.78 is 0. The lowest BCUT2D eigenvalue weighted by Crippen LogP contribution is -2.54. The van der Waals surface area contributed by atoms with Crippen molar-refractivity contribution in [1.29, 1.82) is 0 Å². The highest BCUT2D eigenvalue weighted by Gasteiger charge is 2.33. The average Bonchev–Trinajstić information content (AvgIpc) is 2.45. The van der Waals surface area contributed by atoms with E-state index in [1.165, 1.54) is 13.0 Å². The van der Waals surface area contributed by atoms with E-state index in [1.807, 2.05) is 6.92 Å². The SMILES string of the molecule is CCCC(C)(NC(C)=O)C(=O)Nc1cccc(/C=C/C(=O)O)c1. The third kappa shape index (κ3) is 5.94. The summed E-state index contributed by atoms with van der Waals surface area (Å²) in [5, 5.41) is 14.1. The number of amides is 2. The van der Waals surface area contributed by atoms with Crippen molar-refractivity contribution in [2.24, 2.45) is 0 Å². The molecule has 1 atom stereocenters. The molecule has 0 aliphatic heterocycles. The first-order valence-corrected chi connectivity index (χ1v) is 7.38. The molecule has 124 valence electrons. The van der Waals surface area contributed by atoms with Gasteiger partial charge in [0.15, 0.2) is 0 Å². The molecule has 0 heterocycles. The Balaban J connectivity index is 2.92. The fraction of sp³-hybridized carbons (Fsp3) is 0.353. The molecule has 0 saturated heterocycles. The van der Waals surface area contributed by atoms with Crippen molar-refractivity contribution >= 4 is 29.5 Å². The fourth-order valence-electron chi connectivity index (χ4n) is 2.28. The van der Waals surface area contributed by atoms with Crippen molar-refractivity contribution in [2.45, 2.75) is 39.2 Å². The average molecular weight is 318 g/mol. The predicted octanol–water partition coefficient (Wildman–Crippen LogP) is 2.42. The van der Waals surface area contributed by atoms with Crippen molar-refractivity contribution in [3.63, 3.8) is 0 Å². The molecular weight excluding hydrogens is 296 g/mol. The van der Waals surface area contributed by atoms with Gasteiger partial charge in [-0.15, -0.1) is 0 Å². The number of hydrogen-bond donors (Lipinski definition) is 3. The van der Waals surface area contributed by atoms with Crippen molar-refractivity contribution < 1.29 is 19.5 Å². The molecular formula is C17H22N2O4. The Morgan fingerprint density at radius 3 is 2.57 bits per heavy atom. The molecule has 1 aromatic carbocycles. The second-order valence-electron chi connectivity index (χ2n) is 5.51. The van der Waals surface area contributed by atoms with Crippen LogP contribution in [-0.2, 0) is 14.4 Å². The summed E-state index contributed by atoms with van der Waals surface area (Å²) in [6.45, 7) is 4.99. The third-order valence-electron chi connectivity index (χ3n) is 3.27. The molecule has 1 rings (SSSR count). The summed E-state index contributed by atoms with van der Waals surface area (Å²) in [4.78, 5) is 34.4. The standard InChI is InChI=1S/C17H22N2O4/c1-4-10-17(3,19-12(2)20)16(23)18-14-7-5-6-13(11-14)8-9-15(21)22/h5-9,11H,4,10H2,1-3H3,(H,18,23)(H,19,20)(H,21,22)/b9-8+. The van der Waals surface area contributed by atoms with Gasteiger partial charge in [0.2, 0.25) is 11.8 Å². The van der Waals surface area contributed by atoms with E-state index >= 15 is 0 Å². The van der Waals surface area contributed by atoms with E-state index in [0.29, 0.717) is 17.7 Å². The zero-order chi connectivity index (χ0) is 17.5. The number of anilines is 1. The van der Waals surface area contributed by atoms with Gasteiger partial charge >= 0.3 is 5.97 Å². The summed E-state index contributed by atoms with van der Waals surface area (Å²) in [6.07, 6.45) is 3.72. The largest absolute Gasteiger partial charge is 0.478 e. The highest BCUT2D eigenvalue weighted by Crippen LogP contribution is 2.18. The van der Waals surface area contributed by atoms with Crippen LogP contribution in [0.1, 0.15) is 39.2 Å². The number of aliphatic carboxylic acids is 1. The summed E-state index contributed by atoms with van der Waals surface area (Å²) >= 11 is 0. The second-order valence-corrected chi connectivity index (χ2v) is 5.51. The van der Waals surface area contributed by atoms with Gasteiger partial charge in [-0.1, -0.05) is 25.5 Å². The van der Waals surface area contributed by atoms with E-state index in [0.717, 1.165) is 12.5 Å².